The summed E-state index contributed by atoms with van der Waals surface area (Å²) in [6.45, 7) is 5.57. The Morgan fingerprint density at radius 2 is 2.00 bits per heavy atom. The fourth-order valence-corrected chi connectivity index (χ4v) is 3.53. The number of carbonyl (C=O) groups excluding carboxylic acids is 1. The van der Waals surface area contributed by atoms with Gasteiger partial charge in [-0.2, -0.15) is 5.10 Å². The number of hydrogen-bond donors (Lipinski definition) is 1. The Balaban J connectivity index is 2.01. The number of aromatic amines is 1. The number of H-pyrrole nitrogens is 1. The highest BCUT2D eigenvalue weighted by atomic mass is 32.1. The van der Waals surface area contributed by atoms with Crippen molar-refractivity contribution in [2.45, 2.75) is 39.2 Å². The highest BCUT2D eigenvalue weighted by Gasteiger charge is 2.26. The molecule has 21 heavy (non-hydrogen) atoms. The molecule has 0 aromatic carbocycles. The molecule has 1 amide bonds. The van der Waals surface area contributed by atoms with Crippen LogP contribution in [-0.4, -0.2) is 43.2 Å². The molecule has 2 aromatic heterocycles. The molecule has 1 unspecified atom stereocenters. The second-order valence-corrected chi connectivity index (χ2v) is 6.16. The normalized spacial score (nSPS) is 17.4. The zero-order valence-electron chi connectivity index (χ0n) is 12.7. The van der Waals surface area contributed by atoms with Gasteiger partial charge in [-0.1, -0.05) is 0 Å². The summed E-state index contributed by atoms with van der Waals surface area (Å²) in [5, 5.41) is 4.40. The number of hydrogen-bond acceptors (Lipinski definition) is 3. The van der Waals surface area contributed by atoms with E-state index in [4.69, 9.17) is 12.2 Å². The lowest BCUT2D eigenvalue weighted by atomic mass is 10.1. The van der Waals surface area contributed by atoms with Gasteiger partial charge in [0.2, 0.25) is 5.91 Å². The van der Waals surface area contributed by atoms with E-state index in [1.807, 2.05) is 30.4 Å². The highest BCUT2D eigenvalue weighted by molar-refractivity contribution is 7.71. The average Bonchev–Trinajstić information content (AvgIpc) is 2.96. The van der Waals surface area contributed by atoms with Crippen LogP contribution in [0.25, 0.3) is 11.2 Å². The number of rotatable bonds is 2. The van der Waals surface area contributed by atoms with Crippen LogP contribution in [0.4, 0.5) is 0 Å². The van der Waals surface area contributed by atoms with Crippen LogP contribution in [0, 0.1) is 11.7 Å². The second-order valence-electron chi connectivity index (χ2n) is 5.77. The second kappa shape index (κ2) is 5.29. The van der Waals surface area contributed by atoms with Gasteiger partial charge < -0.3 is 9.88 Å². The van der Waals surface area contributed by atoms with Gasteiger partial charge in [0.1, 0.15) is 11.6 Å². The lowest BCUT2D eigenvalue weighted by Gasteiger charge is -2.29. The van der Waals surface area contributed by atoms with Crippen molar-refractivity contribution < 1.29 is 4.79 Å². The molecule has 1 atom stereocenters. The van der Waals surface area contributed by atoms with Crippen molar-refractivity contribution in [2.24, 2.45) is 7.05 Å². The third-order valence-electron chi connectivity index (χ3n) is 4.28. The molecular weight excluding hydrogens is 286 g/mol. The van der Waals surface area contributed by atoms with Gasteiger partial charge in [-0.15, -0.1) is 0 Å². The Morgan fingerprint density at radius 1 is 1.33 bits per heavy atom. The Bertz CT molecular complexity index is 734. The van der Waals surface area contributed by atoms with Crippen LogP contribution in [0.2, 0.25) is 0 Å². The maximum Gasteiger partial charge on any atom is 0.245 e. The van der Waals surface area contributed by atoms with E-state index in [1.165, 1.54) is 6.42 Å². The van der Waals surface area contributed by atoms with E-state index in [1.54, 1.807) is 4.68 Å². The maximum absolute atomic E-state index is 12.7. The molecule has 2 aromatic rings. The zero-order valence-corrected chi connectivity index (χ0v) is 13.5. The van der Waals surface area contributed by atoms with Crippen LogP contribution in [0.3, 0.4) is 0 Å². The van der Waals surface area contributed by atoms with Gasteiger partial charge >= 0.3 is 0 Å². The van der Waals surface area contributed by atoms with E-state index in [0.29, 0.717) is 4.77 Å². The fraction of sp³-hybridized carbons (Fsp3) is 0.643. The molecule has 6 nitrogen and oxygen atoms in total. The SMILES string of the molecule is Cc1nn(C)c2c1[nH]c(=S)n2C(C)C(=O)N1CCCCC1. The van der Waals surface area contributed by atoms with Crippen molar-refractivity contribution in [2.75, 3.05) is 13.1 Å². The Kier molecular flexibility index (Phi) is 3.61. The lowest BCUT2D eigenvalue weighted by molar-refractivity contribution is -0.135. The molecular formula is C14H21N5OS. The first-order valence-electron chi connectivity index (χ1n) is 7.43. The summed E-state index contributed by atoms with van der Waals surface area (Å²) in [7, 11) is 1.88. The van der Waals surface area contributed by atoms with E-state index in [9.17, 15) is 4.79 Å². The summed E-state index contributed by atoms with van der Waals surface area (Å²) < 4.78 is 4.26. The molecule has 0 saturated carbocycles. The van der Waals surface area contributed by atoms with Gasteiger partial charge in [0.25, 0.3) is 0 Å². The van der Waals surface area contributed by atoms with Crippen molar-refractivity contribution >= 4 is 29.3 Å². The number of imidazole rings is 1. The molecule has 1 aliphatic rings. The first kappa shape index (κ1) is 14.3. The van der Waals surface area contributed by atoms with E-state index in [0.717, 1.165) is 42.8 Å². The molecule has 1 fully saturated rings. The minimum absolute atomic E-state index is 0.144. The molecule has 0 spiro atoms. The van der Waals surface area contributed by atoms with Gasteiger partial charge in [0.05, 0.1) is 5.69 Å². The van der Waals surface area contributed by atoms with Crippen LogP contribution in [-0.2, 0) is 11.8 Å². The van der Waals surface area contributed by atoms with E-state index >= 15 is 0 Å². The largest absolute Gasteiger partial charge is 0.341 e. The van der Waals surface area contributed by atoms with E-state index in [-0.39, 0.29) is 11.9 Å². The quantitative estimate of drug-likeness (QED) is 0.866. The van der Waals surface area contributed by atoms with Gasteiger partial charge in [-0.05, 0) is 45.3 Å². The first-order valence-corrected chi connectivity index (χ1v) is 7.84. The van der Waals surface area contributed by atoms with Crippen LogP contribution >= 0.6 is 12.2 Å². The minimum atomic E-state index is -0.306. The topological polar surface area (TPSA) is 58.9 Å². The number of nitrogens with zero attached hydrogens (tertiary/aromatic N) is 4. The molecule has 3 rings (SSSR count). The van der Waals surface area contributed by atoms with Gasteiger partial charge in [-0.3, -0.25) is 14.0 Å². The molecule has 1 N–H and O–H groups in total. The standard InChI is InChI=1S/C14H21N5OS/c1-9-11-12(17(3)16-9)19(14(21)15-11)10(2)13(20)18-7-5-4-6-8-18/h10H,4-8H2,1-3H3,(H,15,21). The van der Waals surface area contributed by atoms with Crippen LogP contribution < -0.4 is 0 Å². The van der Waals surface area contributed by atoms with Crippen LogP contribution in [0.15, 0.2) is 0 Å². The van der Waals surface area contributed by atoms with Crippen molar-refractivity contribution in [1.29, 1.82) is 0 Å². The summed E-state index contributed by atoms with van der Waals surface area (Å²) in [5.41, 5.74) is 2.70. The number of fused-ring (bicyclic) bond motifs is 1. The van der Waals surface area contributed by atoms with Crippen molar-refractivity contribution in [3.8, 4) is 0 Å². The maximum atomic E-state index is 12.7. The van der Waals surface area contributed by atoms with Crippen LogP contribution in [0.5, 0.6) is 0 Å². The van der Waals surface area contributed by atoms with Gasteiger partial charge in [0, 0.05) is 20.1 Å². The Hall–Kier alpha value is -1.63. The first-order chi connectivity index (χ1) is 10.0. The van der Waals surface area contributed by atoms with Crippen molar-refractivity contribution in [3.63, 3.8) is 0 Å². The lowest BCUT2D eigenvalue weighted by Crippen LogP contribution is -2.39. The summed E-state index contributed by atoms with van der Waals surface area (Å²) in [4.78, 5) is 17.9. The number of carbonyl (C=O) groups is 1. The smallest absolute Gasteiger partial charge is 0.245 e. The molecule has 7 heteroatoms. The van der Waals surface area contributed by atoms with E-state index in [2.05, 4.69) is 10.1 Å². The summed E-state index contributed by atoms with van der Waals surface area (Å²) in [5.74, 6) is 0.144. The molecule has 0 radical (unpaired) electrons. The van der Waals surface area contributed by atoms with Gasteiger partial charge in [-0.25, -0.2) is 0 Å². The number of aryl methyl sites for hydroxylation is 2. The molecule has 3 heterocycles. The molecule has 114 valence electrons. The van der Waals surface area contributed by atoms with Crippen molar-refractivity contribution in [3.05, 3.63) is 10.5 Å². The molecule has 1 saturated heterocycles. The molecule has 0 aliphatic carbocycles. The number of piperidine rings is 1. The third kappa shape index (κ3) is 2.29. The number of amides is 1. The monoisotopic (exact) mass is 307 g/mol. The number of likely N-dealkylation sites (tertiary alicyclic amines) is 1. The summed E-state index contributed by atoms with van der Waals surface area (Å²) in [6.07, 6.45) is 3.40. The third-order valence-corrected chi connectivity index (χ3v) is 4.58. The Morgan fingerprint density at radius 3 is 2.67 bits per heavy atom. The number of nitrogens with one attached hydrogen (secondary N) is 1. The Labute approximate surface area is 128 Å². The summed E-state index contributed by atoms with van der Waals surface area (Å²) in [6, 6.07) is -0.306. The predicted octanol–water partition coefficient (Wildman–Crippen LogP) is 2.31. The number of aromatic nitrogens is 4. The average molecular weight is 307 g/mol. The highest BCUT2D eigenvalue weighted by Crippen LogP contribution is 2.23. The predicted molar refractivity (Wildman–Crippen MR) is 83.8 cm³/mol. The molecule has 0 bridgehead atoms. The summed E-state index contributed by atoms with van der Waals surface area (Å²) >= 11 is 5.42. The van der Waals surface area contributed by atoms with Crippen molar-refractivity contribution in [1.82, 2.24) is 24.2 Å². The fourth-order valence-electron chi connectivity index (χ4n) is 3.18. The van der Waals surface area contributed by atoms with Crippen LogP contribution in [0.1, 0.15) is 37.9 Å². The zero-order chi connectivity index (χ0) is 15.1. The minimum Gasteiger partial charge on any atom is -0.341 e. The van der Waals surface area contributed by atoms with E-state index < -0.39 is 0 Å². The molecule has 1 aliphatic heterocycles. The van der Waals surface area contributed by atoms with Gasteiger partial charge in [0.15, 0.2) is 10.4 Å².